The SMILES string of the molecule is CCNC(=NCc1ccc(F)cc1)NCCCn1cccn1.I. The number of nitrogens with zero attached hydrogens (tertiary/aromatic N) is 3. The summed E-state index contributed by atoms with van der Waals surface area (Å²) < 4.78 is 14.8. The normalized spacial score (nSPS) is 11.0. The molecule has 23 heavy (non-hydrogen) atoms. The summed E-state index contributed by atoms with van der Waals surface area (Å²) in [5.41, 5.74) is 0.982. The van der Waals surface area contributed by atoms with Crippen LogP contribution in [0.25, 0.3) is 0 Å². The molecule has 0 unspecified atom stereocenters. The molecule has 0 saturated carbocycles. The van der Waals surface area contributed by atoms with Crippen LogP contribution in [0.4, 0.5) is 4.39 Å². The molecule has 0 aliphatic rings. The molecule has 2 N–H and O–H groups in total. The molecule has 0 amide bonds. The van der Waals surface area contributed by atoms with Gasteiger partial charge in [0.1, 0.15) is 5.82 Å². The number of halogens is 2. The van der Waals surface area contributed by atoms with Crippen molar-refractivity contribution in [1.82, 2.24) is 20.4 Å². The van der Waals surface area contributed by atoms with Gasteiger partial charge in [-0.1, -0.05) is 12.1 Å². The highest BCUT2D eigenvalue weighted by molar-refractivity contribution is 14.0. The van der Waals surface area contributed by atoms with Gasteiger partial charge in [-0.05, 0) is 37.1 Å². The summed E-state index contributed by atoms with van der Waals surface area (Å²) in [6.45, 7) is 5.04. The smallest absolute Gasteiger partial charge is 0.191 e. The molecule has 1 heterocycles. The van der Waals surface area contributed by atoms with Crippen molar-refractivity contribution in [2.75, 3.05) is 13.1 Å². The molecule has 2 aromatic rings. The Bertz CT molecular complexity index is 569. The van der Waals surface area contributed by atoms with Crippen molar-refractivity contribution in [3.63, 3.8) is 0 Å². The van der Waals surface area contributed by atoms with Crippen LogP contribution in [0.3, 0.4) is 0 Å². The van der Waals surface area contributed by atoms with Gasteiger partial charge in [-0.2, -0.15) is 5.10 Å². The summed E-state index contributed by atoms with van der Waals surface area (Å²) in [5.74, 6) is 0.545. The molecule has 0 fully saturated rings. The van der Waals surface area contributed by atoms with E-state index in [2.05, 4.69) is 20.7 Å². The lowest BCUT2D eigenvalue weighted by atomic mass is 10.2. The zero-order valence-electron chi connectivity index (χ0n) is 13.2. The Balaban J connectivity index is 0.00000264. The van der Waals surface area contributed by atoms with E-state index in [-0.39, 0.29) is 29.8 Å². The van der Waals surface area contributed by atoms with Crippen molar-refractivity contribution < 1.29 is 4.39 Å². The molecule has 0 bridgehead atoms. The molecule has 0 aliphatic heterocycles. The van der Waals surface area contributed by atoms with E-state index in [0.717, 1.165) is 37.6 Å². The number of hydrogen-bond donors (Lipinski definition) is 2. The molecule has 0 spiro atoms. The van der Waals surface area contributed by atoms with E-state index in [1.165, 1.54) is 12.1 Å². The molecule has 5 nitrogen and oxygen atoms in total. The number of aromatic nitrogens is 2. The first kappa shape index (κ1) is 19.4. The number of hydrogen-bond acceptors (Lipinski definition) is 2. The van der Waals surface area contributed by atoms with Crippen molar-refractivity contribution in [3.8, 4) is 0 Å². The van der Waals surface area contributed by atoms with Gasteiger partial charge in [0.05, 0.1) is 6.54 Å². The van der Waals surface area contributed by atoms with Crippen molar-refractivity contribution in [1.29, 1.82) is 0 Å². The van der Waals surface area contributed by atoms with Crippen LogP contribution in [-0.4, -0.2) is 28.8 Å². The summed E-state index contributed by atoms with van der Waals surface area (Å²) >= 11 is 0. The van der Waals surface area contributed by atoms with E-state index in [0.29, 0.717) is 6.54 Å². The van der Waals surface area contributed by atoms with Crippen molar-refractivity contribution in [3.05, 3.63) is 54.1 Å². The highest BCUT2D eigenvalue weighted by Gasteiger charge is 1.98. The molecular weight excluding hydrogens is 408 g/mol. The Labute approximate surface area is 153 Å². The maximum absolute atomic E-state index is 12.9. The third-order valence-corrected chi connectivity index (χ3v) is 3.09. The Morgan fingerprint density at radius 3 is 2.70 bits per heavy atom. The fourth-order valence-electron chi connectivity index (χ4n) is 1.98. The second kappa shape index (κ2) is 11.0. The highest BCUT2D eigenvalue weighted by Crippen LogP contribution is 2.03. The molecule has 0 saturated heterocycles. The Kier molecular flexibility index (Phi) is 9.27. The average Bonchev–Trinajstić information content (AvgIpc) is 3.04. The predicted molar refractivity (Wildman–Crippen MR) is 101 cm³/mol. The van der Waals surface area contributed by atoms with Gasteiger partial charge in [-0.3, -0.25) is 4.68 Å². The maximum atomic E-state index is 12.9. The van der Waals surface area contributed by atoms with Gasteiger partial charge in [0.2, 0.25) is 0 Å². The maximum Gasteiger partial charge on any atom is 0.191 e. The predicted octanol–water partition coefficient (Wildman–Crippen LogP) is 2.79. The summed E-state index contributed by atoms with van der Waals surface area (Å²) in [4.78, 5) is 4.50. The van der Waals surface area contributed by atoms with E-state index in [9.17, 15) is 4.39 Å². The van der Waals surface area contributed by atoms with Gasteiger partial charge in [-0.25, -0.2) is 9.38 Å². The average molecular weight is 431 g/mol. The zero-order chi connectivity index (χ0) is 15.6. The molecular formula is C16H23FIN5. The van der Waals surface area contributed by atoms with Crippen molar-refractivity contribution in [2.24, 2.45) is 4.99 Å². The van der Waals surface area contributed by atoms with E-state index in [1.807, 2.05) is 23.9 Å². The van der Waals surface area contributed by atoms with Crippen LogP contribution in [0.15, 0.2) is 47.7 Å². The summed E-state index contributed by atoms with van der Waals surface area (Å²) in [6.07, 6.45) is 4.69. The van der Waals surface area contributed by atoms with Crippen molar-refractivity contribution in [2.45, 2.75) is 26.4 Å². The van der Waals surface area contributed by atoms with Gasteiger partial charge in [0.15, 0.2) is 5.96 Å². The van der Waals surface area contributed by atoms with Gasteiger partial charge in [0, 0.05) is 32.0 Å². The van der Waals surface area contributed by atoms with E-state index < -0.39 is 0 Å². The third-order valence-electron chi connectivity index (χ3n) is 3.09. The Morgan fingerprint density at radius 1 is 1.26 bits per heavy atom. The number of aryl methyl sites for hydroxylation is 1. The standard InChI is InChI=1S/C16H22FN5.HI/c1-2-18-16(19-9-3-11-22-12-4-10-21-22)20-13-14-5-7-15(17)8-6-14;/h4-8,10,12H,2-3,9,11,13H2,1H3,(H2,18,19,20);1H. The summed E-state index contributed by atoms with van der Waals surface area (Å²) in [6, 6.07) is 8.33. The molecule has 7 heteroatoms. The van der Waals surface area contributed by atoms with E-state index in [4.69, 9.17) is 0 Å². The van der Waals surface area contributed by atoms with Crippen LogP contribution in [0.1, 0.15) is 18.9 Å². The number of nitrogens with one attached hydrogen (secondary N) is 2. The Morgan fingerprint density at radius 2 is 2.04 bits per heavy atom. The minimum atomic E-state index is -0.226. The van der Waals surface area contributed by atoms with Crippen molar-refractivity contribution >= 4 is 29.9 Å². The summed E-state index contributed by atoms with van der Waals surface area (Å²) in [5, 5.41) is 10.7. The second-order valence-electron chi connectivity index (χ2n) is 4.87. The minimum absolute atomic E-state index is 0. The largest absolute Gasteiger partial charge is 0.357 e. The molecule has 0 aliphatic carbocycles. The molecule has 126 valence electrons. The van der Waals surface area contributed by atoms with Crippen LogP contribution in [-0.2, 0) is 13.1 Å². The molecule has 0 radical (unpaired) electrons. The van der Waals surface area contributed by atoms with Crippen LogP contribution < -0.4 is 10.6 Å². The van der Waals surface area contributed by atoms with Gasteiger partial charge >= 0.3 is 0 Å². The van der Waals surface area contributed by atoms with Gasteiger partial charge in [-0.15, -0.1) is 24.0 Å². The number of aliphatic imine (C=N–C) groups is 1. The highest BCUT2D eigenvalue weighted by atomic mass is 127. The topological polar surface area (TPSA) is 54.2 Å². The van der Waals surface area contributed by atoms with Crippen LogP contribution >= 0.6 is 24.0 Å². The minimum Gasteiger partial charge on any atom is -0.357 e. The first-order chi connectivity index (χ1) is 10.8. The Hall–Kier alpha value is -1.64. The lowest BCUT2D eigenvalue weighted by Crippen LogP contribution is -2.38. The quantitative estimate of drug-likeness (QED) is 0.307. The molecule has 1 aromatic heterocycles. The lowest BCUT2D eigenvalue weighted by molar-refractivity contribution is 0.570. The zero-order valence-corrected chi connectivity index (χ0v) is 15.5. The number of benzene rings is 1. The fourth-order valence-corrected chi connectivity index (χ4v) is 1.98. The monoisotopic (exact) mass is 431 g/mol. The van der Waals surface area contributed by atoms with Crippen LogP contribution in [0, 0.1) is 5.82 Å². The van der Waals surface area contributed by atoms with Crippen LogP contribution in [0.2, 0.25) is 0 Å². The fraction of sp³-hybridized carbons (Fsp3) is 0.375. The van der Waals surface area contributed by atoms with E-state index >= 15 is 0 Å². The third kappa shape index (κ3) is 7.45. The lowest BCUT2D eigenvalue weighted by Gasteiger charge is -2.11. The molecule has 1 aromatic carbocycles. The summed E-state index contributed by atoms with van der Waals surface area (Å²) in [7, 11) is 0. The van der Waals surface area contributed by atoms with E-state index in [1.54, 1.807) is 18.3 Å². The van der Waals surface area contributed by atoms with Gasteiger partial charge < -0.3 is 10.6 Å². The van der Waals surface area contributed by atoms with Crippen LogP contribution in [0.5, 0.6) is 0 Å². The molecule has 2 rings (SSSR count). The first-order valence-electron chi connectivity index (χ1n) is 7.52. The first-order valence-corrected chi connectivity index (χ1v) is 7.52. The number of guanidine groups is 1. The number of rotatable bonds is 7. The second-order valence-corrected chi connectivity index (χ2v) is 4.87. The van der Waals surface area contributed by atoms with Gasteiger partial charge in [0.25, 0.3) is 0 Å². The molecule has 0 atom stereocenters.